The van der Waals surface area contributed by atoms with Crippen LogP contribution < -0.4 is 16.4 Å². The maximum Gasteiger partial charge on any atom is 0.481 e. The molecule has 29 heteroatoms. The van der Waals surface area contributed by atoms with Crippen LogP contribution in [0.25, 0.3) is 11.2 Å². The Labute approximate surface area is 338 Å². The molecule has 2 aromatic heterocycles. The Kier molecular flexibility index (Phi) is 16.5. The molecule has 1 fully saturated rings. The molecule has 0 radical (unpaired) electrons. The molecule has 0 aliphatic carbocycles. The first-order valence-corrected chi connectivity index (χ1v) is 22.8. The van der Waals surface area contributed by atoms with Gasteiger partial charge < -0.3 is 50.9 Å². The number of ketones is 1. The normalized spacial score (nSPS) is 21.3. The number of thioether (sulfide) groups is 1. The van der Waals surface area contributed by atoms with Crippen molar-refractivity contribution in [2.45, 2.75) is 50.9 Å². The third kappa shape index (κ3) is 13.8. The van der Waals surface area contributed by atoms with Crippen LogP contribution in [0.5, 0.6) is 0 Å². The molecule has 4 rings (SSSR count). The fourth-order valence-corrected chi connectivity index (χ4v) is 8.78. The van der Waals surface area contributed by atoms with Gasteiger partial charge in [0.15, 0.2) is 23.5 Å². The monoisotopic (exact) mass is 919 g/mol. The summed E-state index contributed by atoms with van der Waals surface area (Å²) in [6.07, 6.45) is -6.94. The van der Waals surface area contributed by atoms with Gasteiger partial charge in [0.2, 0.25) is 11.8 Å². The van der Waals surface area contributed by atoms with E-state index in [2.05, 4.69) is 34.4 Å². The third-order valence-corrected chi connectivity index (χ3v) is 12.4. The number of Topliss-reactive ketones (excluding diaryl/α,β-unsaturated/α-hetero) is 1. The summed E-state index contributed by atoms with van der Waals surface area (Å²) in [5.41, 5.74) is 4.76. The van der Waals surface area contributed by atoms with Crippen molar-refractivity contribution in [2.24, 2.45) is 5.41 Å². The van der Waals surface area contributed by atoms with Crippen LogP contribution >= 0.6 is 46.8 Å². The Hall–Kier alpha value is -2.93. The number of hydrogen-bond acceptors (Lipinski definition) is 18. The maximum absolute atomic E-state index is 12.7. The number of ether oxygens (including phenoxy) is 1. The van der Waals surface area contributed by atoms with Gasteiger partial charge in [-0.15, -0.1) is 0 Å². The number of aliphatic hydroxyl groups excluding tert-OH is 2. The van der Waals surface area contributed by atoms with Crippen molar-refractivity contribution < 1.29 is 80.5 Å². The molecule has 0 bridgehead atoms. The lowest BCUT2D eigenvalue weighted by Gasteiger charge is -2.30. The number of nitrogens with zero attached hydrogens (tertiary/aromatic N) is 4. The lowest BCUT2D eigenvalue weighted by molar-refractivity contribution is -0.137. The van der Waals surface area contributed by atoms with Crippen molar-refractivity contribution in [3.63, 3.8) is 0 Å². The van der Waals surface area contributed by atoms with Crippen LogP contribution in [0.4, 0.5) is 5.82 Å². The first-order chi connectivity index (χ1) is 27.0. The fraction of sp³-hybridized carbons (Fsp3) is 0.517. The van der Waals surface area contributed by atoms with Gasteiger partial charge in [0.1, 0.15) is 36.3 Å². The van der Waals surface area contributed by atoms with Crippen molar-refractivity contribution in [3.8, 4) is 0 Å². The summed E-state index contributed by atoms with van der Waals surface area (Å²) in [5.74, 6) is -0.919. The van der Waals surface area contributed by atoms with Gasteiger partial charge in [-0.3, -0.25) is 32.5 Å². The molecule has 1 aliphatic heterocycles. The first-order valence-electron chi connectivity index (χ1n) is 16.7. The SMILES string of the molecule is CC(C)(COP(=O)(O)OP(=O)(O)OC[C@H]1O[C@@H](n2cnc3c(N)ncnc32)[C@H](O)[C@@H]1OP(=O)(O)O)C(O)C(=O)NCCC(=O)NCCSCC(=O)c1ccc(Cl)cc1. The zero-order chi connectivity index (χ0) is 43.1. The number of phosphoric acid groups is 3. The number of phosphoric ester groups is 3. The third-order valence-electron chi connectivity index (χ3n) is 8.05. The highest BCUT2D eigenvalue weighted by Crippen LogP contribution is 2.61. The number of amides is 2. The molecular weight excluding hydrogens is 879 g/mol. The van der Waals surface area contributed by atoms with Crippen molar-refractivity contribution in [3.05, 3.63) is 47.5 Å². The molecule has 10 N–H and O–H groups in total. The number of carbonyl (C=O) groups excluding carboxylic acids is 3. The van der Waals surface area contributed by atoms with E-state index in [0.717, 1.165) is 17.2 Å². The van der Waals surface area contributed by atoms with Crippen LogP contribution in [-0.4, -0.2) is 129 Å². The average Bonchev–Trinajstić information content (AvgIpc) is 3.69. The average molecular weight is 920 g/mol. The molecule has 1 saturated heterocycles. The van der Waals surface area contributed by atoms with Gasteiger partial charge in [-0.25, -0.2) is 28.6 Å². The van der Waals surface area contributed by atoms with Crippen molar-refractivity contribution in [2.75, 3.05) is 43.5 Å². The molecule has 0 spiro atoms. The quantitative estimate of drug-likeness (QED) is 0.0380. The lowest BCUT2D eigenvalue weighted by atomic mass is 9.87. The second-order valence-corrected chi connectivity index (χ2v) is 18.8. The number of nitrogens with one attached hydrogen (secondary N) is 2. The van der Waals surface area contributed by atoms with Gasteiger partial charge in [-0.2, -0.15) is 16.1 Å². The second kappa shape index (κ2) is 20.1. The van der Waals surface area contributed by atoms with Crippen molar-refractivity contribution >= 4 is 81.4 Å². The number of halogens is 1. The van der Waals surface area contributed by atoms with E-state index >= 15 is 0 Å². The number of nitrogen functional groups attached to an aromatic ring is 1. The zero-order valence-electron chi connectivity index (χ0n) is 30.5. The highest BCUT2D eigenvalue weighted by atomic mass is 35.5. The van der Waals surface area contributed by atoms with E-state index in [1.54, 1.807) is 24.3 Å². The van der Waals surface area contributed by atoms with Crippen LogP contribution in [0.15, 0.2) is 36.9 Å². The van der Waals surface area contributed by atoms with Gasteiger partial charge >= 0.3 is 23.5 Å². The number of nitrogens with two attached hydrogens (primary N) is 1. The van der Waals surface area contributed by atoms with E-state index in [1.807, 2.05) is 0 Å². The molecule has 58 heavy (non-hydrogen) atoms. The lowest BCUT2D eigenvalue weighted by Crippen LogP contribution is -2.46. The summed E-state index contributed by atoms with van der Waals surface area (Å²) in [6, 6.07) is 6.45. The summed E-state index contributed by atoms with van der Waals surface area (Å²) in [6.45, 7) is 0.518. The molecule has 24 nitrogen and oxygen atoms in total. The van der Waals surface area contributed by atoms with E-state index in [4.69, 9.17) is 31.1 Å². The van der Waals surface area contributed by atoms with Crippen molar-refractivity contribution in [1.29, 1.82) is 0 Å². The van der Waals surface area contributed by atoms with Crippen LogP contribution in [0.3, 0.4) is 0 Å². The predicted molar refractivity (Wildman–Crippen MR) is 203 cm³/mol. The number of rotatable bonds is 22. The first kappa shape index (κ1) is 47.7. The number of aromatic nitrogens is 4. The van der Waals surface area contributed by atoms with Gasteiger partial charge in [0, 0.05) is 41.3 Å². The molecule has 2 amide bonds. The van der Waals surface area contributed by atoms with Gasteiger partial charge in [0.05, 0.1) is 25.3 Å². The number of fused-ring (bicyclic) bond motifs is 1. The van der Waals surface area contributed by atoms with Crippen LogP contribution in [0.2, 0.25) is 5.02 Å². The smallest absolute Gasteiger partial charge is 0.386 e. The maximum atomic E-state index is 12.7. The minimum Gasteiger partial charge on any atom is -0.386 e. The van der Waals surface area contributed by atoms with E-state index in [0.29, 0.717) is 16.3 Å². The number of carbonyl (C=O) groups is 3. The molecule has 3 aromatic rings. The predicted octanol–water partition coefficient (Wildman–Crippen LogP) is 0.674. The molecule has 1 aliphatic rings. The molecule has 0 saturated carbocycles. The van der Waals surface area contributed by atoms with E-state index in [-0.39, 0.29) is 48.0 Å². The Morgan fingerprint density at radius 3 is 2.38 bits per heavy atom. The Morgan fingerprint density at radius 1 is 1.03 bits per heavy atom. The minimum atomic E-state index is -5.58. The van der Waals surface area contributed by atoms with Crippen LogP contribution in [-0.2, 0) is 45.9 Å². The molecule has 3 unspecified atom stereocenters. The number of hydrogen-bond donors (Lipinski definition) is 9. The second-order valence-electron chi connectivity index (χ2n) is 13.1. The Balaban J connectivity index is 1.21. The van der Waals surface area contributed by atoms with Crippen LogP contribution in [0.1, 0.15) is 36.9 Å². The van der Waals surface area contributed by atoms with E-state index in [1.165, 1.54) is 25.6 Å². The number of imidazole rings is 1. The van der Waals surface area contributed by atoms with Gasteiger partial charge in [0.25, 0.3) is 0 Å². The molecule has 1 aromatic carbocycles. The number of anilines is 1. The summed E-state index contributed by atoms with van der Waals surface area (Å²) in [5, 5.41) is 26.9. The zero-order valence-corrected chi connectivity index (χ0v) is 34.7. The minimum absolute atomic E-state index is 0.0280. The van der Waals surface area contributed by atoms with Gasteiger partial charge in [-0.05, 0) is 24.3 Å². The summed E-state index contributed by atoms with van der Waals surface area (Å²) in [4.78, 5) is 87.9. The summed E-state index contributed by atoms with van der Waals surface area (Å²) in [7, 11) is -16.4. The Bertz CT molecular complexity index is 2080. The molecule has 322 valence electrons. The fourth-order valence-electron chi connectivity index (χ4n) is 5.09. The topological polar surface area (TPSA) is 364 Å². The van der Waals surface area contributed by atoms with E-state index in [9.17, 15) is 57.9 Å². The number of benzene rings is 1. The highest BCUT2D eigenvalue weighted by molar-refractivity contribution is 8.00. The largest absolute Gasteiger partial charge is 0.481 e. The Morgan fingerprint density at radius 2 is 1.71 bits per heavy atom. The summed E-state index contributed by atoms with van der Waals surface area (Å²) < 4.78 is 62.1. The number of aliphatic hydroxyl groups is 2. The highest BCUT2D eigenvalue weighted by Gasteiger charge is 2.50. The van der Waals surface area contributed by atoms with Crippen molar-refractivity contribution in [1.82, 2.24) is 30.2 Å². The van der Waals surface area contributed by atoms with E-state index < -0.39 is 84.6 Å². The van der Waals surface area contributed by atoms with Gasteiger partial charge in [-0.1, -0.05) is 25.4 Å². The standard InChI is InChI=1S/C29H41ClN7O17P3S/c1-29(2,24(41)27(42)33-8-7-20(39)32-9-10-58-12-18(38)16-3-5-17(30)6-4-16)13-51-57(48,49)54-56(46,47)50-11-19-23(53-55(43,44)45)22(40)28(52-19)37-15-36-21-25(31)34-14-35-26(21)37/h3-6,14-15,19,22-24,28,40-41H,7-13H2,1-2H3,(H,32,39)(H,33,42)(H,46,47)(H,48,49)(H2,31,34,35)(H2,43,44,45)/t19-,22-,23-,24?,28-/m1/s1. The molecule has 7 atom stereocenters. The van der Waals surface area contributed by atoms with Crippen LogP contribution in [0, 0.1) is 5.41 Å². The molecule has 3 heterocycles. The molecular formula is C29H41ClN7O17P3S. The summed E-state index contributed by atoms with van der Waals surface area (Å²) >= 11 is 7.13.